The summed E-state index contributed by atoms with van der Waals surface area (Å²) in [6.07, 6.45) is -0.964. The number of para-hydroxylation sites is 1. The van der Waals surface area contributed by atoms with Crippen LogP contribution in [0, 0.1) is 0 Å². The molecule has 0 aliphatic heterocycles. The number of hydrogen-bond acceptors (Lipinski definition) is 4. The van der Waals surface area contributed by atoms with Crippen molar-refractivity contribution in [1.82, 2.24) is 4.98 Å². The maximum absolute atomic E-state index is 10.3. The van der Waals surface area contributed by atoms with E-state index in [2.05, 4.69) is 4.98 Å². The number of fused-ring (bicyclic) bond motifs is 1. The Bertz CT molecular complexity index is 754. The maximum atomic E-state index is 10.3. The minimum atomic E-state index is -0.964. The number of ether oxygens (including phenoxy) is 1. The van der Waals surface area contributed by atoms with E-state index in [4.69, 9.17) is 20.8 Å². The second-order valence-corrected chi connectivity index (χ2v) is 4.72. The molecule has 0 radical (unpaired) electrons. The molecule has 1 unspecified atom stereocenters. The predicted molar refractivity (Wildman–Crippen MR) is 76.1 cm³/mol. The quantitative estimate of drug-likeness (QED) is 0.801. The van der Waals surface area contributed by atoms with E-state index in [9.17, 15) is 5.11 Å². The Morgan fingerprint density at radius 1 is 1.25 bits per heavy atom. The van der Waals surface area contributed by atoms with E-state index >= 15 is 0 Å². The Labute approximate surface area is 120 Å². The Hall–Kier alpha value is -2.04. The fourth-order valence-electron chi connectivity index (χ4n) is 2.02. The topological polar surface area (TPSA) is 55.5 Å². The second-order valence-electron chi connectivity index (χ2n) is 4.31. The van der Waals surface area contributed by atoms with Crippen LogP contribution in [-0.2, 0) is 0 Å². The summed E-state index contributed by atoms with van der Waals surface area (Å²) in [6, 6.07) is 12.4. The van der Waals surface area contributed by atoms with E-state index in [0.717, 1.165) is 5.39 Å². The average molecular weight is 290 g/mol. The summed E-state index contributed by atoms with van der Waals surface area (Å²) in [6.45, 7) is 0. The zero-order valence-corrected chi connectivity index (χ0v) is 11.5. The number of nitrogens with zero attached hydrogens (tertiary/aromatic N) is 1. The minimum absolute atomic E-state index is 0.397. The van der Waals surface area contributed by atoms with Crippen LogP contribution in [0.3, 0.4) is 0 Å². The lowest BCUT2D eigenvalue weighted by Gasteiger charge is -2.08. The van der Waals surface area contributed by atoms with E-state index in [-0.39, 0.29) is 0 Å². The Morgan fingerprint density at radius 2 is 2.05 bits per heavy atom. The summed E-state index contributed by atoms with van der Waals surface area (Å²) in [4.78, 5) is 4.19. The lowest BCUT2D eigenvalue weighted by molar-refractivity contribution is 0.186. The second kappa shape index (κ2) is 5.15. The van der Waals surface area contributed by atoms with Crippen LogP contribution in [0.2, 0.25) is 5.02 Å². The fourth-order valence-corrected chi connectivity index (χ4v) is 2.25. The van der Waals surface area contributed by atoms with Crippen LogP contribution in [0.1, 0.15) is 17.6 Å². The van der Waals surface area contributed by atoms with Gasteiger partial charge in [-0.15, -0.1) is 0 Å². The van der Waals surface area contributed by atoms with E-state index in [1.165, 1.54) is 7.11 Å². The molecular formula is C15H12ClNO3. The van der Waals surface area contributed by atoms with Crippen LogP contribution in [0.5, 0.6) is 5.88 Å². The number of benzene rings is 1. The zero-order valence-electron chi connectivity index (χ0n) is 10.7. The van der Waals surface area contributed by atoms with Crippen LogP contribution >= 0.6 is 11.6 Å². The van der Waals surface area contributed by atoms with Gasteiger partial charge in [0.25, 0.3) is 0 Å². The summed E-state index contributed by atoms with van der Waals surface area (Å²) in [5, 5.41) is 11.7. The molecule has 2 heterocycles. The summed E-state index contributed by atoms with van der Waals surface area (Å²) in [5.41, 5.74) is 1.02. The predicted octanol–water partition coefficient (Wildman–Crippen LogP) is 3.57. The van der Waals surface area contributed by atoms with Crippen LogP contribution in [-0.4, -0.2) is 17.2 Å². The number of aromatic nitrogens is 1. The third kappa shape index (κ3) is 2.24. The first-order valence-electron chi connectivity index (χ1n) is 6.06. The normalized spacial score (nSPS) is 12.6. The lowest BCUT2D eigenvalue weighted by atomic mass is 10.1. The summed E-state index contributed by atoms with van der Waals surface area (Å²) in [7, 11) is 1.53. The average Bonchev–Trinajstić information content (AvgIpc) is 2.92. The third-order valence-electron chi connectivity index (χ3n) is 3.02. The molecule has 0 fully saturated rings. The number of pyridine rings is 1. The summed E-state index contributed by atoms with van der Waals surface area (Å²) >= 11 is 6.06. The molecule has 0 saturated heterocycles. The molecule has 5 heteroatoms. The molecule has 20 heavy (non-hydrogen) atoms. The van der Waals surface area contributed by atoms with Gasteiger partial charge < -0.3 is 14.3 Å². The van der Waals surface area contributed by atoms with E-state index in [1.54, 1.807) is 30.3 Å². The van der Waals surface area contributed by atoms with Gasteiger partial charge in [-0.25, -0.2) is 4.98 Å². The number of aliphatic hydroxyl groups is 1. The van der Waals surface area contributed by atoms with E-state index in [1.807, 2.05) is 12.1 Å². The highest BCUT2D eigenvalue weighted by molar-refractivity contribution is 6.34. The first kappa shape index (κ1) is 13.0. The van der Waals surface area contributed by atoms with Crippen molar-refractivity contribution in [1.29, 1.82) is 0 Å². The van der Waals surface area contributed by atoms with Crippen LogP contribution in [0.4, 0.5) is 0 Å². The molecule has 102 valence electrons. The Kier molecular flexibility index (Phi) is 3.34. The van der Waals surface area contributed by atoms with Gasteiger partial charge in [0.05, 0.1) is 17.8 Å². The first-order valence-corrected chi connectivity index (χ1v) is 6.44. The summed E-state index contributed by atoms with van der Waals surface area (Å²) < 4.78 is 10.7. The van der Waals surface area contributed by atoms with Gasteiger partial charge in [0, 0.05) is 11.5 Å². The SMILES string of the molecule is COc1cccc(C(O)c2cc3cccc(Cl)c3o2)n1. The molecule has 4 nitrogen and oxygen atoms in total. The monoisotopic (exact) mass is 289 g/mol. The van der Waals surface area contributed by atoms with Crippen molar-refractivity contribution in [2.75, 3.05) is 7.11 Å². The number of halogens is 1. The van der Waals surface area contributed by atoms with Crippen molar-refractivity contribution < 1.29 is 14.3 Å². The summed E-state index contributed by atoms with van der Waals surface area (Å²) in [5.74, 6) is 0.838. The fraction of sp³-hybridized carbons (Fsp3) is 0.133. The molecule has 1 aromatic carbocycles. The largest absolute Gasteiger partial charge is 0.481 e. The number of methoxy groups -OCH3 is 1. The molecule has 0 aliphatic carbocycles. The molecule has 0 bridgehead atoms. The van der Waals surface area contributed by atoms with Gasteiger partial charge in [0.15, 0.2) is 11.7 Å². The van der Waals surface area contributed by atoms with Crippen molar-refractivity contribution in [3.05, 3.63) is 58.9 Å². The molecule has 1 atom stereocenters. The van der Waals surface area contributed by atoms with Crippen molar-refractivity contribution in [3.63, 3.8) is 0 Å². The van der Waals surface area contributed by atoms with Gasteiger partial charge in [-0.3, -0.25) is 0 Å². The maximum Gasteiger partial charge on any atom is 0.213 e. The van der Waals surface area contributed by atoms with Crippen molar-refractivity contribution in [2.45, 2.75) is 6.10 Å². The first-order chi connectivity index (χ1) is 9.69. The van der Waals surface area contributed by atoms with Gasteiger partial charge in [0.2, 0.25) is 5.88 Å². The van der Waals surface area contributed by atoms with E-state index < -0.39 is 6.10 Å². The van der Waals surface area contributed by atoms with Gasteiger partial charge in [-0.1, -0.05) is 29.8 Å². The van der Waals surface area contributed by atoms with Crippen molar-refractivity contribution >= 4 is 22.6 Å². The molecule has 2 aromatic heterocycles. The molecule has 1 N–H and O–H groups in total. The van der Waals surface area contributed by atoms with Crippen molar-refractivity contribution in [2.24, 2.45) is 0 Å². The molecule has 0 amide bonds. The molecule has 0 aliphatic rings. The highest BCUT2D eigenvalue weighted by atomic mass is 35.5. The van der Waals surface area contributed by atoms with Crippen LogP contribution in [0.25, 0.3) is 11.0 Å². The number of aliphatic hydroxyl groups excluding tert-OH is 1. The van der Waals surface area contributed by atoms with E-state index in [0.29, 0.717) is 27.9 Å². The highest BCUT2D eigenvalue weighted by Crippen LogP contribution is 2.31. The Morgan fingerprint density at radius 3 is 2.80 bits per heavy atom. The number of furan rings is 1. The lowest BCUT2D eigenvalue weighted by Crippen LogP contribution is -2.01. The molecule has 0 saturated carbocycles. The molecule has 0 spiro atoms. The minimum Gasteiger partial charge on any atom is -0.481 e. The number of hydrogen-bond donors (Lipinski definition) is 1. The third-order valence-corrected chi connectivity index (χ3v) is 3.32. The van der Waals surface area contributed by atoms with Crippen molar-refractivity contribution in [3.8, 4) is 5.88 Å². The van der Waals surface area contributed by atoms with Gasteiger partial charge >= 0.3 is 0 Å². The molecule has 3 aromatic rings. The van der Waals surface area contributed by atoms with Crippen LogP contribution < -0.4 is 4.74 Å². The van der Waals surface area contributed by atoms with Gasteiger partial charge in [-0.2, -0.15) is 0 Å². The molecular weight excluding hydrogens is 278 g/mol. The standard InChI is InChI=1S/C15H12ClNO3/c1-19-13-7-3-6-11(17-13)14(18)12-8-9-4-2-5-10(16)15(9)20-12/h2-8,14,18H,1H3. The molecule has 3 rings (SSSR count). The highest BCUT2D eigenvalue weighted by Gasteiger charge is 2.18. The zero-order chi connectivity index (χ0) is 14.1. The number of rotatable bonds is 3. The van der Waals surface area contributed by atoms with Crippen LogP contribution in [0.15, 0.2) is 46.9 Å². The Balaban J connectivity index is 2.03. The van der Waals surface area contributed by atoms with Gasteiger partial charge in [0.1, 0.15) is 5.76 Å². The van der Waals surface area contributed by atoms with Gasteiger partial charge in [-0.05, 0) is 18.2 Å². The smallest absolute Gasteiger partial charge is 0.213 e.